The Kier molecular flexibility index (Phi) is 4.14. The largest absolute Gasteiger partial charge is 0.477 e. The molecule has 2 aromatic heterocycles. The third-order valence-corrected chi connectivity index (χ3v) is 4.72. The molecule has 8 heteroatoms. The predicted molar refractivity (Wildman–Crippen MR) is 85.6 cm³/mol. The first kappa shape index (κ1) is 15.6. The van der Waals surface area contributed by atoms with Gasteiger partial charge in [-0.05, 0) is 24.6 Å². The van der Waals surface area contributed by atoms with Crippen molar-refractivity contribution in [3.05, 3.63) is 56.9 Å². The molecule has 0 radical (unpaired) electrons. The van der Waals surface area contributed by atoms with E-state index in [1.807, 2.05) is 0 Å². The zero-order valence-electron chi connectivity index (χ0n) is 11.9. The van der Waals surface area contributed by atoms with E-state index in [4.69, 9.17) is 16.7 Å². The zero-order chi connectivity index (χ0) is 16.6. The van der Waals surface area contributed by atoms with Gasteiger partial charge in [0, 0.05) is 17.0 Å². The number of carboxylic acid groups (broad SMARTS) is 1. The van der Waals surface area contributed by atoms with Gasteiger partial charge in [-0.3, -0.25) is 5.10 Å². The van der Waals surface area contributed by atoms with Gasteiger partial charge >= 0.3 is 5.97 Å². The van der Waals surface area contributed by atoms with Gasteiger partial charge in [0.1, 0.15) is 15.7 Å². The van der Waals surface area contributed by atoms with E-state index in [2.05, 4.69) is 15.2 Å². The van der Waals surface area contributed by atoms with E-state index in [1.165, 1.54) is 6.07 Å². The highest BCUT2D eigenvalue weighted by Gasteiger charge is 2.19. The molecule has 0 spiro atoms. The topological polar surface area (TPSA) is 78.9 Å². The molecule has 2 heterocycles. The van der Waals surface area contributed by atoms with Crippen LogP contribution in [-0.4, -0.2) is 26.3 Å². The molecule has 5 nitrogen and oxygen atoms in total. The van der Waals surface area contributed by atoms with Crippen LogP contribution in [0.2, 0.25) is 5.02 Å². The van der Waals surface area contributed by atoms with Crippen molar-refractivity contribution in [3.63, 3.8) is 0 Å². The molecule has 0 fully saturated rings. The number of rotatable bonds is 4. The Labute approximate surface area is 139 Å². The Bertz CT molecular complexity index is 891. The lowest BCUT2D eigenvalue weighted by Gasteiger charge is -2.03. The fraction of sp³-hybridized carbons (Fsp3) is 0.133. The minimum atomic E-state index is -1.02. The van der Waals surface area contributed by atoms with Crippen molar-refractivity contribution in [2.75, 3.05) is 0 Å². The molecule has 3 aromatic rings. The molecule has 1 aromatic carbocycles. The maximum atomic E-state index is 13.9. The van der Waals surface area contributed by atoms with E-state index in [9.17, 15) is 9.18 Å². The van der Waals surface area contributed by atoms with E-state index < -0.39 is 11.8 Å². The lowest BCUT2D eigenvalue weighted by atomic mass is 10.1. The van der Waals surface area contributed by atoms with Crippen LogP contribution in [0, 0.1) is 12.7 Å². The van der Waals surface area contributed by atoms with Gasteiger partial charge in [0.25, 0.3) is 0 Å². The second-order valence-corrected chi connectivity index (χ2v) is 6.36. The highest BCUT2D eigenvalue weighted by atomic mass is 35.5. The summed E-state index contributed by atoms with van der Waals surface area (Å²) in [5, 5.41) is 16.8. The third kappa shape index (κ3) is 3.11. The number of aromatic nitrogens is 3. The maximum Gasteiger partial charge on any atom is 0.347 e. The number of H-pyrrole nitrogens is 1. The lowest BCUT2D eigenvalue weighted by molar-refractivity contribution is 0.0701. The molecule has 118 valence electrons. The van der Waals surface area contributed by atoms with Crippen molar-refractivity contribution >= 4 is 28.9 Å². The molecule has 0 aliphatic heterocycles. The van der Waals surface area contributed by atoms with Gasteiger partial charge in [0.2, 0.25) is 0 Å². The number of aromatic amines is 1. The summed E-state index contributed by atoms with van der Waals surface area (Å²) in [6, 6.07) is 4.49. The van der Waals surface area contributed by atoms with Crippen molar-refractivity contribution in [1.82, 2.24) is 15.2 Å². The monoisotopic (exact) mass is 351 g/mol. The van der Waals surface area contributed by atoms with Gasteiger partial charge in [0.15, 0.2) is 0 Å². The summed E-state index contributed by atoms with van der Waals surface area (Å²) in [4.78, 5) is 15.6. The van der Waals surface area contributed by atoms with Crippen molar-refractivity contribution in [1.29, 1.82) is 0 Å². The molecule has 0 saturated heterocycles. The van der Waals surface area contributed by atoms with Crippen molar-refractivity contribution in [2.45, 2.75) is 13.3 Å². The van der Waals surface area contributed by atoms with E-state index in [0.717, 1.165) is 16.9 Å². The van der Waals surface area contributed by atoms with Crippen LogP contribution in [0.1, 0.15) is 26.5 Å². The van der Waals surface area contributed by atoms with Crippen LogP contribution in [0.3, 0.4) is 0 Å². The number of nitrogens with one attached hydrogen (secondary N) is 1. The molecule has 3 rings (SSSR count). The number of carbonyl (C=O) groups is 1. The first-order valence-electron chi connectivity index (χ1n) is 6.63. The smallest absolute Gasteiger partial charge is 0.347 e. The summed E-state index contributed by atoms with van der Waals surface area (Å²) >= 11 is 6.81. The summed E-state index contributed by atoms with van der Waals surface area (Å²) in [7, 11) is 0. The second-order valence-electron chi connectivity index (χ2n) is 4.92. The average Bonchev–Trinajstić information content (AvgIpc) is 3.08. The van der Waals surface area contributed by atoms with Gasteiger partial charge in [-0.2, -0.15) is 5.10 Å². The Balaban J connectivity index is 1.96. The number of aryl methyl sites for hydroxylation is 1. The molecule has 0 aliphatic carbocycles. The molecule has 0 amide bonds. The molecular weight excluding hydrogens is 341 g/mol. The summed E-state index contributed by atoms with van der Waals surface area (Å²) in [5.74, 6) is -1.41. The molecule has 0 bridgehead atoms. The van der Waals surface area contributed by atoms with Crippen LogP contribution in [0.15, 0.2) is 24.4 Å². The first-order valence-corrected chi connectivity index (χ1v) is 7.82. The molecule has 0 saturated carbocycles. The van der Waals surface area contributed by atoms with Gasteiger partial charge in [-0.25, -0.2) is 14.2 Å². The number of thiazole rings is 1. The fourth-order valence-corrected chi connectivity index (χ4v) is 3.30. The number of hydrogen-bond acceptors (Lipinski definition) is 4. The molecule has 23 heavy (non-hydrogen) atoms. The molecule has 0 unspecified atom stereocenters. The SMILES string of the molecule is Cc1nc(-c2[nH]ncc2Cc2ccc(Cl)cc2F)sc1C(=O)O. The summed E-state index contributed by atoms with van der Waals surface area (Å²) in [5.41, 5.74) is 2.25. The number of carboxylic acids is 1. The molecule has 2 N–H and O–H groups in total. The second kappa shape index (κ2) is 6.10. The van der Waals surface area contributed by atoms with E-state index in [1.54, 1.807) is 25.3 Å². The van der Waals surface area contributed by atoms with Crippen molar-refractivity contribution < 1.29 is 14.3 Å². The van der Waals surface area contributed by atoms with Crippen LogP contribution < -0.4 is 0 Å². The maximum absolute atomic E-state index is 13.9. The van der Waals surface area contributed by atoms with Crippen molar-refractivity contribution in [2.24, 2.45) is 0 Å². The normalized spacial score (nSPS) is 10.9. The number of halogens is 2. The highest BCUT2D eigenvalue weighted by Crippen LogP contribution is 2.30. The molecule has 0 atom stereocenters. The lowest BCUT2D eigenvalue weighted by Crippen LogP contribution is -1.94. The molecule has 0 aliphatic rings. The minimum Gasteiger partial charge on any atom is -0.477 e. The number of hydrogen-bond donors (Lipinski definition) is 2. The Morgan fingerprint density at radius 3 is 2.87 bits per heavy atom. The Morgan fingerprint density at radius 1 is 1.43 bits per heavy atom. The first-order chi connectivity index (χ1) is 11.0. The number of nitrogens with zero attached hydrogens (tertiary/aromatic N) is 2. The summed E-state index contributed by atoms with van der Waals surface area (Å²) in [6.07, 6.45) is 1.89. The van der Waals surface area contributed by atoms with Crippen LogP contribution in [0.5, 0.6) is 0 Å². The fourth-order valence-electron chi connectivity index (χ4n) is 2.20. The summed E-state index contributed by atoms with van der Waals surface area (Å²) in [6.45, 7) is 1.64. The zero-order valence-corrected chi connectivity index (χ0v) is 13.5. The Morgan fingerprint density at radius 2 is 2.22 bits per heavy atom. The van der Waals surface area contributed by atoms with E-state index in [0.29, 0.717) is 33.4 Å². The Hall–Kier alpha value is -2.25. The van der Waals surface area contributed by atoms with Gasteiger partial charge in [-0.1, -0.05) is 17.7 Å². The standard InChI is InChI=1S/C15H11ClFN3O2S/c1-7-13(15(21)22)23-14(19-7)12-9(6-18-20-12)4-8-2-3-10(16)5-11(8)17/h2-3,5-6H,4H2,1H3,(H,18,20)(H,21,22). The predicted octanol–water partition coefficient (Wildman–Crippen LogP) is 3.92. The van der Waals surface area contributed by atoms with E-state index in [-0.39, 0.29) is 4.88 Å². The number of benzene rings is 1. The van der Waals surface area contributed by atoms with Crippen molar-refractivity contribution in [3.8, 4) is 10.7 Å². The van der Waals surface area contributed by atoms with Gasteiger partial charge in [-0.15, -0.1) is 11.3 Å². The van der Waals surface area contributed by atoms with Crippen LogP contribution >= 0.6 is 22.9 Å². The van der Waals surface area contributed by atoms with Gasteiger partial charge < -0.3 is 5.11 Å². The summed E-state index contributed by atoms with van der Waals surface area (Å²) < 4.78 is 13.9. The third-order valence-electron chi connectivity index (χ3n) is 3.32. The molecular formula is C15H11ClFN3O2S. The van der Waals surface area contributed by atoms with Crippen LogP contribution in [0.4, 0.5) is 4.39 Å². The average molecular weight is 352 g/mol. The van der Waals surface area contributed by atoms with Crippen LogP contribution in [-0.2, 0) is 6.42 Å². The highest BCUT2D eigenvalue weighted by molar-refractivity contribution is 7.17. The minimum absolute atomic E-state index is 0.179. The van der Waals surface area contributed by atoms with E-state index >= 15 is 0 Å². The van der Waals surface area contributed by atoms with Crippen LogP contribution in [0.25, 0.3) is 10.7 Å². The quantitative estimate of drug-likeness (QED) is 0.746. The van der Waals surface area contributed by atoms with Gasteiger partial charge in [0.05, 0.1) is 17.6 Å². The number of aromatic carboxylic acids is 1.